The lowest BCUT2D eigenvalue weighted by molar-refractivity contribution is 0.476. The van der Waals surface area contributed by atoms with Crippen LogP contribution in [0.15, 0.2) is 45.7 Å². The Kier molecular flexibility index (Phi) is 4.46. The minimum Gasteiger partial charge on any atom is -0.464 e. The number of nitrogens with one attached hydrogen (secondary N) is 2. The Hall–Kier alpha value is -1.79. The van der Waals surface area contributed by atoms with Crippen molar-refractivity contribution in [2.45, 2.75) is 24.8 Å². The lowest BCUT2D eigenvalue weighted by Crippen LogP contribution is -2.18. The third-order valence-electron chi connectivity index (χ3n) is 2.95. The molecule has 108 valence electrons. The average Bonchev–Trinajstić information content (AvgIpc) is 2.93. The van der Waals surface area contributed by atoms with Gasteiger partial charge in [-0.25, -0.2) is 13.1 Å². The number of rotatable bonds is 6. The Labute approximate surface area is 119 Å². The van der Waals surface area contributed by atoms with Crippen LogP contribution >= 0.6 is 0 Å². The molecule has 0 unspecified atom stereocenters. The quantitative estimate of drug-likeness (QED) is 0.858. The molecule has 0 aliphatic rings. The molecule has 1 aromatic heterocycles. The van der Waals surface area contributed by atoms with E-state index in [1.807, 2.05) is 25.1 Å². The monoisotopic (exact) mass is 294 g/mol. The van der Waals surface area contributed by atoms with Gasteiger partial charge in [-0.05, 0) is 37.4 Å². The van der Waals surface area contributed by atoms with E-state index in [4.69, 9.17) is 4.42 Å². The molecule has 0 saturated heterocycles. The van der Waals surface area contributed by atoms with Crippen molar-refractivity contribution in [3.63, 3.8) is 0 Å². The summed E-state index contributed by atoms with van der Waals surface area (Å²) in [5.41, 5.74) is 0.732. The maximum Gasteiger partial charge on any atom is 0.240 e. The largest absolute Gasteiger partial charge is 0.464 e. The molecule has 0 radical (unpaired) electrons. The molecule has 20 heavy (non-hydrogen) atoms. The van der Waals surface area contributed by atoms with E-state index in [1.54, 1.807) is 18.2 Å². The van der Waals surface area contributed by atoms with Gasteiger partial charge in [0, 0.05) is 12.1 Å². The first-order valence-electron chi connectivity index (χ1n) is 6.40. The molecule has 2 N–H and O–H groups in total. The number of hydrogen-bond acceptors (Lipinski definition) is 4. The molecule has 5 nitrogen and oxygen atoms in total. The van der Waals surface area contributed by atoms with Gasteiger partial charge in [0.15, 0.2) is 0 Å². The van der Waals surface area contributed by atoms with Gasteiger partial charge in [0.1, 0.15) is 11.5 Å². The molecule has 0 saturated carbocycles. The lowest BCUT2D eigenvalue weighted by atomic mass is 10.3. The van der Waals surface area contributed by atoms with Crippen LogP contribution in [0.25, 0.3) is 0 Å². The topological polar surface area (TPSA) is 71.3 Å². The van der Waals surface area contributed by atoms with Crippen LogP contribution in [-0.2, 0) is 23.0 Å². The van der Waals surface area contributed by atoms with Gasteiger partial charge < -0.3 is 9.73 Å². The van der Waals surface area contributed by atoms with E-state index >= 15 is 0 Å². The smallest absolute Gasteiger partial charge is 0.240 e. The summed E-state index contributed by atoms with van der Waals surface area (Å²) in [6, 6.07) is 10.5. The maximum absolute atomic E-state index is 11.7. The molecule has 0 amide bonds. The lowest BCUT2D eigenvalue weighted by Gasteiger charge is -2.07. The summed E-state index contributed by atoms with van der Waals surface area (Å²) in [5.74, 6) is 1.76. The maximum atomic E-state index is 11.7. The van der Waals surface area contributed by atoms with Crippen molar-refractivity contribution < 1.29 is 12.8 Å². The highest BCUT2D eigenvalue weighted by molar-refractivity contribution is 7.89. The first kappa shape index (κ1) is 14.6. The Morgan fingerprint density at radius 3 is 2.55 bits per heavy atom. The van der Waals surface area contributed by atoms with Crippen molar-refractivity contribution in [1.82, 2.24) is 4.72 Å². The van der Waals surface area contributed by atoms with Crippen LogP contribution in [0, 0.1) is 0 Å². The number of benzene rings is 1. The first-order chi connectivity index (χ1) is 9.55. The fourth-order valence-electron chi connectivity index (χ4n) is 1.79. The molecule has 2 rings (SSSR count). The van der Waals surface area contributed by atoms with Crippen LogP contribution in [0.1, 0.15) is 18.4 Å². The fraction of sp³-hybridized carbons (Fsp3) is 0.286. The summed E-state index contributed by atoms with van der Waals surface area (Å²) in [4.78, 5) is 0.235. The molecular formula is C14H18N2O3S. The second kappa shape index (κ2) is 6.11. The highest BCUT2D eigenvalue weighted by Crippen LogP contribution is 2.16. The Balaban J connectivity index is 2.08. The zero-order chi connectivity index (χ0) is 14.6. The SMILES string of the molecule is CCc1ccc(CNc2cccc(S(=O)(=O)NC)c2)o1. The molecule has 0 spiro atoms. The molecule has 0 atom stereocenters. The van der Waals surface area contributed by atoms with Crippen molar-refractivity contribution in [3.05, 3.63) is 47.9 Å². The molecule has 0 aliphatic carbocycles. The van der Waals surface area contributed by atoms with Crippen molar-refractivity contribution in [2.24, 2.45) is 0 Å². The van der Waals surface area contributed by atoms with E-state index in [9.17, 15) is 8.42 Å². The van der Waals surface area contributed by atoms with Crippen LogP contribution in [0.5, 0.6) is 0 Å². The standard InChI is InChI=1S/C14H18N2O3S/c1-3-12-7-8-13(19-12)10-16-11-5-4-6-14(9-11)20(17,18)15-2/h4-9,15-16H,3,10H2,1-2H3. The van der Waals surface area contributed by atoms with Crippen molar-refractivity contribution in [1.29, 1.82) is 0 Å². The van der Waals surface area contributed by atoms with Gasteiger partial charge in [0.25, 0.3) is 0 Å². The number of hydrogen-bond donors (Lipinski definition) is 2. The molecule has 1 heterocycles. The van der Waals surface area contributed by atoms with Gasteiger partial charge in [0.05, 0.1) is 11.4 Å². The number of furan rings is 1. The summed E-state index contributed by atoms with van der Waals surface area (Å²) >= 11 is 0. The third kappa shape index (κ3) is 3.40. The van der Waals surface area contributed by atoms with E-state index in [2.05, 4.69) is 10.0 Å². The molecule has 0 bridgehead atoms. The van der Waals surface area contributed by atoms with Gasteiger partial charge in [0.2, 0.25) is 10.0 Å². The Morgan fingerprint density at radius 1 is 1.15 bits per heavy atom. The predicted octanol–water partition coefficient (Wildman–Crippen LogP) is 2.36. The van der Waals surface area contributed by atoms with Crippen molar-refractivity contribution in [2.75, 3.05) is 12.4 Å². The molecule has 0 aliphatic heterocycles. The van der Waals surface area contributed by atoms with Crippen LogP contribution in [0.4, 0.5) is 5.69 Å². The molecular weight excluding hydrogens is 276 g/mol. The molecule has 2 aromatic rings. The summed E-state index contributed by atoms with van der Waals surface area (Å²) in [6.45, 7) is 2.55. The van der Waals surface area contributed by atoms with E-state index in [0.717, 1.165) is 23.6 Å². The van der Waals surface area contributed by atoms with Crippen LogP contribution in [0.2, 0.25) is 0 Å². The van der Waals surface area contributed by atoms with Gasteiger partial charge in [-0.3, -0.25) is 0 Å². The molecule has 6 heteroatoms. The zero-order valence-electron chi connectivity index (χ0n) is 11.5. The van der Waals surface area contributed by atoms with Gasteiger partial charge in [-0.15, -0.1) is 0 Å². The van der Waals surface area contributed by atoms with E-state index in [0.29, 0.717) is 6.54 Å². The normalized spacial score (nSPS) is 11.5. The van der Waals surface area contributed by atoms with Crippen molar-refractivity contribution in [3.8, 4) is 0 Å². The summed E-state index contributed by atoms with van der Waals surface area (Å²) in [7, 11) is -2.02. The highest BCUT2D eigenvalue weighted by Gasteiger charge is 2.11. The van der Waals surface area contributed by atoms with E-state index in [1.165, 1.54) is 7.05 Å². The second-order valence-electron chi connectivity index (χ2n) is 4.31. The third-order valence-corrected chi connectivity index (χ3v) is 4.36. The fourth-order valence-corrected chi connectivity index (χ4v) is 2.56. The van der Waals surface area contributed by atoms with Gasteiger partial charge in [-0.2, -0.15) is 0 Å². The van der Waals surface area contributed by atoms with E-state index < -0.39 is 10.0 Å². The minimum atomic E-state index is -3.42. The van der Waals surface area contributed by atoms with E-state index in [-0.39, 0.29) is 4.90 Å². The first-order valence-corrected chi connectivity index (χ1v) is 7.88. The zero-order valence-corrected chi connectivity index (χ0v) is 12.3. The summed E-state index contributed by atoms with van der Waals surface area (Å²) in [6.07, 6.45) is 0.857. The van der Waals surface area contributed by atoms with Crippen molar-refractivity contribution >= 4 is 15.7 Å². The van der Waals surface area contributed by atoms with Crippen LogP contribution in [0.3, 0.4) is 0 Å². The van der Waals surface area contributed by atoms with Crippen LogP contribution in [-0.4, -0.2) is 15.5 Å². The van der Waals surface area contributed by atoms with Crippen LogP contribution < -0.4 is 10.0 Å². The highest BCUT2D eigenvalue weighted by atomic mass is 32.2. The number of aryl methyl sites for hydroxylation is 1. The molecule has 1 aromatic carbocycles. The average molecular weight is 294 g/mol. The number of sulfonamides is 1. The van der Waals surface area contributed by atoms with Gasteiger partial charge in [-0.1, -0.05) is 13.0 Å². The summed E-state index contributed by atoms with van der Waals surface area (Å²) < 4.78 is 31.3. The molecule has 0 fully saturated rings. The predicted molar refractivity (Wildman–Crippen MR) is 78.1 cm³/mol. The Morgan fingerprint density at radius 2 is 1.90 bits per heavy atom. The summed E-state index contributed by atoms with van der Waals surface area (Å²) in [5, 5.41) is 3.15. The van der Waals surface area contributed by atoms with Gasteiger partial charge >= 0.3 is 0 Å². The second-order valence-corrected chi connectivity index (χ2v) is 6.20. The number of anilines is 1. The Bertz CT molecular complexity index is 677. The minimum absolute atomic E-state index is 0.235.